The topological polar surface area (TPSA) is 0 Å². The summed E-state index contributed by atoms with van der Waals surface area (Å²) in [7, 11) is 0. The van der Waals surface area contributed by atoms with Gasteiger partial charge in [-0.25, -0.2) is 0 Å². The van der Waals surface area contributed by atoms with Crippen molar-refractivity contribution in [2.75, 3.05) is 0 Å². The monoisotopic (exact) mass is 294 g/mol. The van der Waals surface area contributed by atoms with E-state index in [0.717, 1.165) is 12.8 Å². The van der Waals surface area contributed by atoms with E-state index >= 15 is 0 Å². The zero-order chi connectivity index (χ0) is 18.1. The number of hydrogen-bond donors (Lipinski definition) is 0. The van der Waals surface area contributed by atoms with Gasteiger partial charge in [0.05, 0.1) is 0 Å². The number of rotatable bonds is 6. The average molecular weight is 295 g/mol. The fourth-order valence-corrected chi connectivity index (χ4v) is 1.02. The van der Waals surface area contributed by atoms with Crippen LogP contribution in [-0.2, 0) is 0 Å². The SMILES string of the molecule is C=C/C=C(/CCC)C(=C)CC.C=CC=C.CC.CC.CC. The second kappa shape index (κ2) is 42.8. The van der Waals surface area contributed by atoms with Gasteiger partial charge in [0, 0.05) is 0 Å². The highest BCUT2D eigenvalue weighted by atomic mass is 14.0. The van der Waals surface area contributed by atoms with Gasteiger partial charge < -0.3 is 0 Å². The Hall–Kier alpha value is -1.30. The third-order valence-electron chi connectivity index (χ3n) is 1.89. The lowest BCUT2D eigenvalue weighted by atomic mass is 10.0. The van der Waals surface area contributed by atoms with Gasteiger partial charge in [-0.1, -0.05) is 118 Å². The Kier molecular flexibility index (Phi) is 65.0. The molecule has 0 radical (unpaired) electrons. The first kappa shape index (κ1) is 31.9. The molecule has 0 heteroatoms. The van der Waals surface area contributed by atoms with E-state index < -0.39 is 0 Å². The van der Waals surface area contributed by atoms with Gasteiger partial charge in [-0.2, -0.15) is 0 Å². The molecule has 0 atom stereocenters. The quantitative estimate of drug-likeness (QED) is 0.432. The predicted molar refractivity (Wildman–Crippen MR) is 107 cm³/mol. The van der Waals surface area contributed by atoms with Crippen LogP contribution in [-0.4, -0.2) is 0 Å². The minimum atomic E-state index is 1.04. The molecule has 0 aromatic rings. The first-order chi connectivity index (χ1) is 10.2. The van der Waals surface area contributed by atoms with Gasteiger partial charge in [0.25, 0.3) is 0 Å². The molecule has 0 aromatic heterocycles. The maximum atomic E-state index is 3.99. The van der Waals surface area contributed by atoms with Crippen molar-refractivity contribution in [3.63, 3.8) is 0 Å². The second-order valence-corrected chi connectivity index (χ2v) is 3.11. The first-order valence-corrected chi connectivity index (χ1v) is 8.40. The lowest BCUT2D eigenvalue weighted by Gasteiger charge is -2.05. The molecule has 126 valence electrons. The molecule has 0 aliphatic rings. The highest BCUT2D eigenvalue weighted by Crippen LogP contribution is 2.16. The minimum absolute atomic E-state index is 1.04. The third-order valence-corrected chi connectivity index (χ3v) is 1.89. The number of allylic oxidation sites excluding steroid dienone is 6. The molecular formula is C21H42. The van der Waals surface area contributed by atoms with Gasteiger partial charge >= 0.3 is 0 Å². The van der Waals surface area contributed by atoms with Crippen molar-refractivity contribution in [2.45, 2.75) is 74.7 Å². The standard InChI is InChI=1S/C11H18.C4H6.3C2H6/c1-5-8-11(9-6-2)10(4)7-3;1-3-4-2;3*1-2/h5,8H,1,4,6-7,9H2,2-3H3;3-4H,1-2H2;3*1-2H3/b11-8-;;;;. The fourth-order valence-electron chi connectivity index (χ4n) is 1.02. The average Bonchev–Trinajstić information content (AvgIpc) is 2.59. The third kappa shape index (κ3) is 38.1. The van der Waals surface area contributed by atoms with Crippen LogP contribution in [0.3, 0.4) is 0 Å². The molecule has 0 rings (SSSR count). The maximum Gasteiger partial charge on any atom is -0.0279 e. The van der Waals surface area contributed by atoms with Crippen molar-refractivity contribution in [3.05, 3.63) is 61.8 Å². The molecule has 0 fully saturated rings. The molecular weight excluding hydrogens is 252 g/mol. The van der Waals surface area contributed by atoms with Gasteiger partial charge in [0.15, 0.2) is 0 Å². The summed E-state index contributed by atoms with van der Waals surface area (Å²) >= 11 is 0. The molecule has 0 spiro atoms. The minimum Gasteiger partial charge on any atom is -0.0991 e. The summed E-state index contributed by atoms with van der Waals surface area (Å²) in [6.45, 7) is 30.7. The van der Waals surface area contributed by atoms with Crippen LogP contribution < -0.4 is 0 Å². The lowest BCUT2D eigenvalue weighted by molar-refractivity contribution is 0.896. The second-order valence-electron chi connectivity index (χ2n) is 3.11. The van der Waals surface area contributed by atoms with Crippen molar-refractivity contribution in [1.82, 2.24) is 0 Å². The van der Waals surface area contributed by atoms with Crippen LogP contribution in [0.25, 0.3) is 0 Å². The van der Waals surface area contributed by atoms with E-state index in [1.165, 1.54) is 17.6 Å². The van der Waals surface area contributed by atoms with Crippen LogP contribution in [0, 0.1) is 0 Å². The number of hydrogen-bond acceptors (Lipinski definition) is 0. The molecule has 0 amide bonds. The molecule has 0 bridgehead atoms. The summed E-state index contributed by atoms with van der Waals surface area (Å²) in [5.74, 6) is 0. The molecule has 0 saturated heterocycles. The molecule has 0 saturated carbocycles. The van der Waals surface area contributed by atoms with E-state index in [0.29, 0.717) is 0 Å². The summed E-state index contributed by atoms with van der Waals surface area (Å²) in [5.41, 5.74) is 2.59. The van der Waals surface area contributed by atoms with E-state index in [2.05, 4.69) is 46.2 Å². The molecule has 0 nitrogen and oxygen atoms in total. The van der Waals surface area contributed by atoms with Crippen LogP contribution in [0.4, 0.5) is 0 Å². The summed E-state index contributed by atoms with van der Waals surface area (Å²) < 4.78 is 0. The van der Waals surface area contributed by atoms with Crippen molar-refractivity contribution < 1.29 is 0 Å². The van der Waals surface area contributed by atoms with Gasteiger partial charge in [0.2, 0.25) is 0 Å². The van der Waals surface area contributed by atoms with Crippen LogP contribution in [0.1, 0.15) is 74.7 Å². The summed E-state index contributed by atoms with van der Waals surface area (Å²) in [6, 6.07) is 0. The highest BCUT2D eigenvalue weighted by Gasteiger charge is 1.96. The Balaban J connectivity index is -0.0000000712. The van der Waals surface area contributed by atoms with Gasteiger partial charge in [-0.3, -0.25) is 0 Å². The van der Waals surface area contributed by atoms with E-state index in [4.69, 9.17) is 0 Å². The highest BCUT2D eigenvalue weighted by molar-refractivity contribution is 5.30. The summed E-state index contributed by atoms with van der Waals surface area (Å²) in [5, 5.41) is 0. The smallest absolute Gasteiger partial charge is 0.0279 e. The molecule has 0 aliphatic carbocycles. The maximum absolute atomic E-state index is 3.99. The molecule has 21 heavy (non-hydrogen) atoms. The normalized spacial score (nSPS) is 7.71. The van der Waals surface area contributed by atoms with Gasteiger partial charge in [-0.05, 0) is 18.4 Å². The van der Waals surface area contributed by atoms with Crippen LogP contribution in [0.15, 0.2) is 61.8 Å². The molecule has 0 aromatic carbocycles. The zero-order valence-corrected chi connectivity index (χ0v) is 16.3. The zero-order valence-electron chi connectivity index (χ0n) is 16.3. The summed E-state index contributed by atoms with van der Waals surface area (Å²) in [6.07, 6.45) is 10.5. The van der Waals surface area contributed by atoms with E-state index in [1.807, 2.05) is 47.6 Å². The summed E-state index contributed by atoms with van der Waals surface area (Å²) in [4.78, 5) is 0. The van der Waals surface area contributed by atoms with Crippen molar-refractivity contribution in [2.24, 2.45) is 0 Å². The Bertz CT molecular complexity index is 222. The van der Waals surface area contributed by atoms with E-state index in [1.54, 1.807) is 12.2 Å². The van der Waals surface area contributed by atoms with Crippen LogP contribution in [0.2, 0.25) is 0 Å². The Morgan fingerprint density at radius 3 is 1.33 bits per heavy atom. The predicted octanol–water partition coefficient (Wildman–Crippen LogP) is 8.30. The van der Waals surface area contributed by atoms with E-state index in [-0.39, 0.29) is 0 Å². The van der Waals surface area contributed by atoms with E-state index in [9.17, 15) is 0 Å². The first-order valence-electron chi connectivity index (χ1n) is 8.40. The molecule has 0 aliphatic heterocycles. The lowest BCUT2D eigenvalue weighted by Crippen LogP contribution is -1.85. The van der Waals surface area contributed by atoms with Crippen LogP contribution >= 0.6 is 0 Å². The molecule has 0 heterocycles. The van der Waals surface area contributed by atoms with Crippen molar-refractivity contribution in [3.8, 4) is 0 Å². The Morgan fingerprint density at radius 2 is 1.14 bits per heavy atom. The van der Waals surface area contributed by atoms with Crippen molar-refractivity contribution in [1.29, 1.82) is 0 Å². The molecule has 0 N–H and O–H groups in total. The largest absolute Gasteiger partial charge is 0.0991 e. The van der Waals surface area contributed by atoms with Crippen molar-refractivity contribution >= 4 is 0 Å². The Morgan fingerprint density at radius 1 is 0.762 bits per heavy atom. The van der Waals surface area contributed by atoms with Crippen LogP contribution in [0.5, 0.6) is 0 Å². The molecule has 0 unspecified atom stereocenters. The fraction of sp³-hybridized carbons (Fsp3) is 0.524. The van der Waals surface area contributed by atoms with Gasteiger partial charge in [0.1, 0.15) is 0 Å². The Labute approximate surface area is 137 Å². The van der Waals surface area contributed by atoms with Gasteiger partial charge in [-0.15, -0.1) is 0 Å².